The van der Waals surface area contributed by atoms with E-state index in [1.807, 2.05) is 18.2 Å². The van der Waals surface area contributed by atoms with Crippen LogP contribution in [0.5, 0.6) is 5.75 Å². The second kappa shape index (κ2) is 4.50. The summed E-state index contributed by atoms with van der Waals surface area (Å²) >= 11 is 11.9. The maximum absolute atomic E-state index is 6.37. The molecule has 3 rings (SSSR count). The summed E-state index contributed by atoms with van der Waals surface area (Å²) in [6, 6.07) is 6.17. The summed E-state index contributed by atoms with van der Waals surface area (Å²) in [5, 5.41) is 4.91. The van der Waals surface area contributed by atoms with Crippen LogP contribution >= 0.6 is 23.8 Å². The number of thiocarbonyl (C=S) groups is 1. The van der Waals surface area contributed by atoms with Gasteiger partial charge in [0.2, 0.25) is 0 Å². The van der Waals surface area contributed by atoms with Gasteiger partial charge in [-0.1, -0.05) is 24.6 Å². The van der Waals surface area contributed by atoms with Gasteiger partial charge in [-0.05, 0) is 45.1 Å². The van der Waals surface area contributed by atoms with E-state index < -0.39 is 5.72 Å². The third kappa shape index (κ3) is 1.74. The van der Waals surface area contributed by atoms with E-state index in [4.69, 9.17) is 28.6 Å². The second-order valence-corrected chi connectivity index (χ2v) is 6.78. The molecule has 2 aliphatic rings. The number of hydrogen-bond donors (Lipinski definition) is 1. The Labute approximate surface area is 130 Å². The highest BCUT2D eigenvalue weighted by Crippen LogP contribution is 2.50. The zero-order chi connectivity index (χ0) is 14.7. The van der Waals surface area contributed by atoms with Gasteiger partial charge in [0.15, 0.2) is 10.8 Å². The molecule has 2 heterocycles. The highest BCUT2D eigenvalue weighted by atomic mass is 35.5. The Bertz CT molecular complexity index is 577. The largest absolute Gasteiger partial charge is 0.467 e. The van der Waals surface area contributed by atoms with Crippen LogP contribution in [-0.2, 0) is 0 Å². The molecule has 3 nitrogen and oxygen atoms in total. The van der Waals surface area contributed by atoms with Crippen molar-refractivity contribution in [3.05, 3.63) is 28.8 Å². The van der Waals surface area contributed by atoms with Crippen molar-refractivity contribution in [2.75, 3.05) is 0 Å². The summed E-state index contributed by atoms with van der Waals surface area (Å²) in [6.07, 6.45) is 0. The molecule has 1 fully saturated rings. The van der Waals surface area contributed by atoms with Gasteiger partial charge in [-0.3, -0.25) is 0 Å². The molecule has 1 aromatic carbocycles. The molecule has 20 heavy (non-hydrogen) atoms. The molecule has 1 saturated heterocycles. The Morgan fingerprint density at radius 1 is 1.45 bits per heavy atom. The first-order valence-corrected chi connectivity index (χ1v) is 7.72. The van der Waals surface area contributed by atoms with E-state index in [0.717, 1.165) is 21.4 Å². The van der Waals surface area contributed by atoms with Crippen molar-refractivity contribution in [1.82, 2.24) is 10.2 Å². The van der Waals surface area contributed by atoms with Gasteiger partial charge in [-0.2, -0.15) is 0 Å². The van der Waals surface area contributed by atoms with Gasteiger partial charge in [0.05, 0.1) is 6.04 Å². The number of rotatable bonds is 1. The summed E-state index contributed by atoms with van der Waals surface area (Å²) in [6.45, 7) is 8.55. The molecular weight excluding hydrogens is 292 g/mol. The summed E-state index contributed by atoms with van der Waals surface area (Å²) in [7, 11) is 0. The van der Waals surface area contributed by atoms with Gasteiger partial charge < -0.3 is 15.0 Å². The Morgan fingerprint density at radius 2 is 2.15 bits per heavy atom. The van der Waals surface area contributed by atoms with E-state index in [1.54, 1.807) is 0 Å². The normalized spacial score (nSPS) is 31.7. The summed E-state index contributed by atoms with van der Waals surface area (Å²) in [5.74, 6) is 1.09. The first-order chi connectivity index (χ1) is 9.36. The number of nitrogens with zero attached hydrogens (tertiary/aromatic N) is 1. The zero-order valence-electron chi connectivity index (χ0n) is 12.1. The Balaban J connectivity index is 2.17. The fourth-order valence-electron chi connectivity index (χ4n) is 3.40. The molecule has 2 aliphatic heterocycles. The predicted octanol–water partition coefficient (Wildman–Crippen LogP) is 3.72. The van der Waals surface area contributed by atoms with Gasteiger partial charge >= 0.3 is 0 Å². The molecule has 2 bridgehead atoms. The third-order valence-electron chi connectivity index (χ3n) is 4.48. The second-order valence-electron chi connectivity index (χ2n) is 5.99. The van der Waals surface area contributed by atoms with Crippen LogP contribution in [0, 0.1) is 5.92 Å². The number of ether oxygens (including phenoxy) is 1. The summed E-state index contributed by atoms with van der Waals surface area (Å²) in [4.78, 5) is 2.15. The van der Waals surface area contributed by atoms with Crippen molar-refractivity contribution in [2.24, 2.45) is 5.92 Å². The fraction of sp³-hybridized carbons (Fsp3) is 0.533. The summed E-state index contributed by atoms with van der Waals surface area (Å²) < 4.78 is 6.34. The fourth-order valence-corrected chi connectivity index (χ4v) is 4.20. The number of nitrogens with one attached hydrogen (secondary N) is 1. The lowest BCUT2D eigenvalue weighted by atomic mass is 9.80. The Kier molecular flexibility index (Phi) is 3.14. The molecule has 5 heteroatoms. The van der Waals surface area contributed by atoms with Crippen LogP contribution in [0.4, 0.5) is 0 Å². The minimum absolute atomic E-state index is 0.0972. The van der Waals surface area contributed by atoms with Crippen LogP contribution in [-0.4, -0.2) is 21.8 Å². The minimum atomic E-state index is -0.446. The average molecular weight is 311 g/mol. The Morgan fingerprint density at radius 3 is 2.80 bits per heavy atom. The van der Waals surface area contributed by atoms with Gasteiger partial charge in [0.1, 0.15) is 5.75 Å². The number of halogens is 1. The van der Waals surface area contributed by atoms with Crippen LogP contribution in [0.25, 0.3) is 0 Å². The average Bonchev–Trinajstić information content (AvgIpc) is 2.32. The van der Waals surface area contributed by atoms with Crippen molar-refractivity contribution in [3.63, 3.8) is 0 Å². The zero-order valence-corrected chi connectivity index (χ0v) is 13.7. The SMILES string of the molecule is CC(C)N1C(=S)NC2c3c(Cl)cccc3OC1(C)C2C. The summed E-state index contributed by atoms with van der Waals surface area (Å²) in [5.41, 5.74) is 0.573. The molecule has 1 aromatic rings. The molecular formula is C15H19ClN2OS. The maximum Gasteiger partial charge on any atom is 0.187 e. The van der Waals surface area contributed by atoms with E-state index in [2.05, 4.69) is 37.9 Å². The van der Waals surface area contributed by atoms with E-state index in [0.29, 0.717) is 0 Å². The van der Waals surface area contributed by atoms with Crippen molar-refractivity contribution in [3.8, 4) is 5.75 Å². The van der Waals surface area contributed by atoms with Crippen molar-refractivity contribution in [1.29, 1.82) is 0 Å². The number of hydrogen-bond acceptors (Lipinski definition) is 2. The van der Waals surface area contributed by atoms with Crippen molar-refractivity contribution >= 4 is 28.9 Å². The molecule has 108 valence electrons. The third-order valence-corrected chi connectivity index (χ3v) is 5.12. The molecule has 0 saturated carbocycles. The number of fused-ring (bicyclic) bond motifs is 4. The molecule has 0 amide bonds. The van der Waals surface area contributed by atoms with Crippen LogP contribution in [0.3, 0.4) is 0 Å². The highest BCUT2D eigenvalue weighted by molar-refractivity contribution is 7.80. The monoisotopic (exact) mass is 310 g/mol. The van der Waals surface area contributed by atoms with E-state index >= 15 is 0 Å². The van der Waals surface area contributed by atoms with E-state index in [-0.39, 0.29) is 18.0 Å². The molecule has 1 N–H and O–H groups in total. The molecule has 3 unspecified atom stereocenters. The standard InChI is InChI=1S/C15H19ClN2OS/c1-8(2)18-14(20)17-13-9(3)15(18,4)19-11-7-5-6-10(16)12(11)13/h5-9,13H,1-4H3,(H,17,20). The maximum atomic E-state index is 6.37. The van der Waals surface area contributed by atoms with E-state index in [9.17, 15) is 0 Å². The number of benzene rings is 1. The lowest BCUT2D eigenvalue weighted by molar-refractivity contribution is -0.121. The van der Waals surface area contributed by atoms with Crippen LogP contribution < -0.4 is 10.1 Å². The van der Waals surface area contributed by atoms with Gasteiger partial charge in [-0.25, -0.2) is 0 Å². The Hall–Kier alpha value is -1.00. The van der Waals surface area contributed by atoms with E-state index in [1.165, 1.54) is 0 Å². The highest BCUT2D eigenvalue weighted by Gasteiger charge is 2.54. The lowest BCUT2D eigenvalue weighted by Gasteiger charge is -2.57. The predicted molar refractivity (Wildman–Crippen MR) is 85.1 cm³/mol. The molecule has 0 aromatic heterocycles. The topological polar surface area (TPSA) is 24.5 Å². The lowest BCUT2D eigenvalue weighted by Crippen LogP contribution is -2.70. The smallest absolute Gasteiger partial charge is 0.187 e. The molecule has 0 aliphatic carbocycles. The molecule has 3 atom stereocenters. The first-order valence-electron chi connectivity index (χ1n) is 6.93. The quantitative estimate of drug-likeness (QED) is 0.799. The van der Waals surface area contributed by atoms with Crippen molar-refractivity contribution in [2.45, 2.75) is 45.5 Å². The van der Waals surface area contributed by atoms with Crippen molar-refractivity contribution < 1.29 is 4.74 Å². The van der Waals surface area contributed by atoms with Gasteiger partial charge in [-0.15, -0.1) is 0 Å². The minimum Gasteiger partial charge on any atom is -0.467 e. The molecule has 0 radical (unpaired) electrons. The first kappa shape index (κ1) is 14.0. The van der Waals surface area contributed by atoms with Gasteiger partial charge in [0.25, 0.3) is 0 Å². The van der Waals surface area contributed by atoms with Gasteiger partial charge in [0, 0.05) is 22.5 Å². The van der Waals surface area contributed by atoms with Crippen LogP contribution in [0.2, 0.25) is 5.02 Å². The van der Waals surface area contributed by atoms with Crippen LogP contribution in [0.1, 0.15) is 39.3 Å². The molecule has 0 spiro atoms. The van der Waals surface area contributed by atoms with Crippen LogP contribution in [0.15, 0.2) is 18.2 Å².